The van der Waals surface area contributed by atoms with Gasteiger partial charge in [0.1, 0.15) is 16.8 Å². The van der Waals surface area contributed by atoms with Gasteiger partial charge in [0.25, 0.3) is 0 Å². The standard InChI is InChI=1S/C16H16ClN3O2/c1-10-4-6-13(7-5-10)9-20-15(17)14(12(3)19-20)16(21)22-11(2)8-18/h4-7,11H,9H2,1-3H3/t11-/m0/s1. The number of carbonyl (C=O) groups excluding carboxylic acids is 1. The zero-order chi connectivity index (χ0) is 16.3. The van der Waals surface area contributed by atoms with E-state index in [-0.39, 0.29) is 10.7 Å². The molecular weight excluding hydrogens is 302 g/mol. The van der Waals surface area contributed by atoms with Crippen molar-refractivity contribution in [2.24, 2.45) is 0 Å². The van der Waals surface area contributed by atoms with E-state index in [0.29, 0.717) is 12.2 Å². The molecule has 0 saturated heterocycles. The minimum absolute atomic E-state index is 0.205. The molecule has 5 nitrogen and oxygen atoms in total. The number of aromatic nitrogens is 2. The van der Waals surface area contributed by atoms with E-state index in [1.807, 2.05) is 37.3 Å². The molecule has 0 radical (unpaired) electrons. The summed E-state index contributed by atoms with van der Waals surface area (Å²) in [6.45, 7) is 5.66. The summed E-state index contributed by atoms with van der Waals surface area (Å²) in [5.74, 6) is -0.633. The Morgan fingerprint density at radius 3 is 2.64 bits per heavy atom. The van der Waals surface area contributed by atoms with E-state index in [1.165, 1.54) is 12.5 Å². The number of carbonyl (C=O) groups is 1. The Morgan fingerprint density at radius 1 is 1.41 bits per heavy atom. The molecule has 1 heterocycles. The first-order valence-electron chi connectivity index (χ1n) is 6.81. The number of hydrogen-bond donors (Lipinski definition) is 0. The number of aryl methyl sites for hydroxylation is 2. The van der Waals surface area contributed by atoms with Crippen molar-refractivity contribution >= 4 is 17.6 Å². The van der Waals surface area contributed by atoms with Gasteiger partial charge < -0.3 is 4.74 Å². The van der Waals surface area contributed by atoms with Crippen molar-refractivity contribution in [2.45, 2.75) is 33.4 Å². The second-order valence-corrected chi connectivity index (χ2v) is 5.43. The zero-order valence-electron chi connectivity index (χ0n) is 12.6. The molecule has 114 valence electrons. The van der Waals surface area contributed by atoms with E-state index < -0.39 is 12.1 Å². The van der Waals surface area contributed by atoms with Crippen molar-refractivity contribution in [1.82, 2.24) is 9.78 Å². The highest BCUT2D eigenvalue weighted by atomic mass is 35.5. The van der Waals surface area contributed by atoms with Crippen molar-refractivity contribution in [3.63, 3.8) is 0 Å². The van der Waals surface area contributed by atoms with Crippen LogP contribution in [-0.2, 0) is 11.3 Å². The van der Waals surface area contributed by atoms with Gasteiger partial charge in [-0.05, 0) is 26.3 Å². The predicted octanol–water partition coefficient (Wildman–Crippen LogP) is 3.27. The van der Waals surface area contributed by atoms with Crippen molar-refractivity contribution in [3.8, 4) is 6.07 Å². The molecular formula is C16H16ClN3O2. The van der Waals surface area contributed by atoms with Crippen LogP contribution in [0.15, 0.2) is 24.3 Å². The second-order valence-electron chi connectivity index (χ2n) is 5.07. The van der Waals surface area contributed by atoms with Gasteiger partial charge in [-0.15, -0.1) is 0 Å². The second kappa shape index (κ2) is 6.63. The number of nitrogens with zero attached hydrogens (tertiary/aromatic N) is 3. The van der Waals surface area contributed by atoms with Crippen molar-refractivity contribution in [3.05, 3.63) is 51.8 Å². The largest absolute Gasteiger partial charge is 0.444 e. The van der Waals surface area contributed by atoms with Crippen LogP contribution in [0.25, 0.3) is 0 Å². The Morgan fingerprint density at radius 2 is 2.05 bits per heavy atom. The lowest BCUT2D eigenvalue weighted by Gasteiger charge is -2.06. The molecule has 1 atom stereocenters. The van der Waals surface area contributed by atoms with E-state index >= 15 is 0 Å². The van der Waals surface area contributed by atoms with Gasteiger partial charge in [-0.25, -0.2) is 9.48 Å². The summed E-state index contributed by atoms with van der Waals surface area (Å²) < 4.78 is 6.54. The molecule has 0 saturated carbocycles. The number of nitriles is 1. The molecule has 0 aliphatic heterocycles. The number of esters is 1. The Balaban J connectivity index is 2.25. The summed E-state index contributed by atoms with van der Waals surface area (Å²) in [5, 5.41) is 13.2. The lowest BCUT2D eigenvalue weighted by Crippen LogP contribution is -2.14. The molecule has 0 N–H and O–H groups in total. The predicted molar refractivity (Wildman–Crippen MR) is 82.7 cm³/mol. The zero-order valence-corrected chi connectivity index (χ0v) is 13.4. The van der Waals surface area contributed by atoms with Crippen molar-refractivity contribution < 1.29 is 9.53 Å². The third-order valence-corrected chi connectivity index (χ3v) is 3.57. The Labute approximate surface area is 134 Å². The van der Waals surface area contributed by atoms with Crippen LogP contribution in [-0.4, -0.2) is 21.9 Å². The van der Waals surface area contributed by atoms with Gasteiger partial charge >= 0.3 is 5.97 Å². The molecule has 2 aromatic rings. The van der Waals surface area contributed by atoms with E-state index in [1.54, 1.807) is 11.6 Å². The molecule has 2 rings (SSSR count). The highest BCUT2D eigenvalue weighted by Crippen LogP contribution is 2.22. The fraction of sp³-hybridized carbons (Fsp3) is 0.312. The van der Waals surface area contributed by atoms with E-state index in [9.17, 15) is 4.79 Å². The summed E-state index contributed by atoms with van der Waals surface area (Å²) in [4.78, 5) is 12.1. The third kappa shape index (κ3) is 3.46. The number of benzene rings is 1. The average Bonchev–Trinajstić information content (AvgIpc) is 2.75. The van der Waals surface area contributed by atoms with Crippen molar-refractivity contribution in [2.75, 3.05) is 0 Å². The minimum Gasteiger partial charge on any atom is -0.444 e. The molecule has 0 unspecified atom stereocenters. The fourth-order valence-electron chi connectivity index (χ4n) is 2.00. The van der Waals surface area contributed by atoms with Crippen LogP contribution in [0.3, 0.4) is 0 Å². The smallest absolute Gasteiger partial charge is 0.344 e. The Hall–Kier alpha value is -2.32. The quantitative estimate of drug-likeness (QED) is 0.812. The first-order valence-corrected chi connectivity index (χ1v) is 7.19. The molecule has 0 spiro atoms. The molecule has 0 bridgehead atoms. The maximum Gasteiger partial charge on any atom is 0.344 e. The molecule has 22 heavy (non-hydrogen) atoms. The van der Waals surface area contributed by atoms with Crippen LogP contribution in [0.4, 0.5) is 0 Å². The topological polar surface area (TPSA) is 67.9 Å². The van der Waals surface area contributed by atoms with E-state index in [2.05, 4.69) is 5.10 Å². The number of halogens is 1. The van der Waals surface area contributed by atoms with Crippen LogP contribution in [0.5, 0.6) is 0 Å². The lowest BCUT2D eigenvalue weighted by molar-refractivity contribution is 0.0435. The highest BCUT2D eigenvalue weighted by molar-refractivity contribution is 6.32. The Kier molecular flexibility index (Phi) is 4.84. The average molecular weight is 318 g/mol. The van der Waals surface area contributed by atoms with Gasteiger partial charge in [0, 0.05) is 0 Å². The van der Waals surface area contributed by atoms with Crippen LogP contribution in [0, 0.1) is 25.2 Å². The van der Waals surface area contributed by atoms with Gasteiger partial charge in [-0.3, -0.25) is 0 Å². The maximum absolute atomic E-state index is 12.1. The third-order valence-electron chi connectivity index (χ3n) is 3.19. The monoisotopic (exact) mass is 317 g/mol. The van der Waals surface area contributed by atoms with Gasteiger partial charge in [0.15, 0.2) is 6.10 Å². The molecule has 1 aromatic heterocycles. The van der Waals surface area contributed by atoms with Crippen molar-refractivity contribution in [1.29, 1.82) is 5.26 Å². The highest BCUT2D eigenvalue weighted by Gasteiger charge is 2.23. The van der Waals surface area contributed by atoms with E-state index in [4.69, 9.17) is 21.6 Å². The first kappa shape index (κ1) is 16.1. The van der Waals surface area contributed by atoms with E-state index in [0.717, 1.165) is 5.56 Å². The SMILES string of the molecule is Cc1ccc(Cn2nc(C)c(C(=O)O[C@@H](C)C#N)c2Cl)cc1. The fourth-order valence-corrected chi connectivity index (χ4v) is 2.31. The molecule has 6 heteroatoms. The normalized spacial score (nSPS) is 11.8. The first-order chi connectivity index (χ1) is 10.4. The van der Waals surface area contributed by atoms with Gasteiger partial charge in [-0.2, -0.15) is 10.4 Å². The summed E-state index contributed by atoms with van der Waals surface area (Å²) in [5.41, 5.74) is 2.88. The minimum atomic E-state index is -0.830. The van der Waals surface area contributed by atoms with Crippen LogP contribution in [0.1, 0.15) is 34.1 Å². The molecule has 1 aromatic carbocycles. The Bertz CT molecular complexity index is 729. The summed E-state index contributed by atoms with van der Waals surface area (Å²) in [6, 6.07) is 9.82. The van der Waals surface area contributed by atoms with Gasteiger partial charge in [0.05, 0.1) is 12.2 Å². The van der Waals surface area contributed by atoms with Crippen LogP contribution >= 0.6 is 11.6 Å². The number of rotatable bonds is 4. The lowest BCUT2D eigenvalue weighted by atomic mass is 10.1. The van der Waals surface area contributed by atoms with Gasteiger partial charge in [0.2, 0.25) is 0 Å². The summed E-state index contributed by atoms with van der Waals surface area (Å²) >= 11 is 6.25. The summed E-state index contributed by atoms with van der Waals surface area (Å²) in [6.07, 6.45) is -0.830. The molecule has 0 fully saturated rings. The van der Waals surface area contributed by atoms with Crippen LogP contribution < -0.4 is 0 Å². The van der Waals surface area contributed by atoms with Crippen LogP contribution in [0.2, 0.25) is 5.15 Å². The number of hydrogen-bond acceptors (Lipinski definition) is 4. The maximum atomic E-state index is 12.1. The van der Waals surface area contributed by atoms with Gasteiger partial charge in [-0.1, -0.05) is 41.4 Å². The molecule has 0 aliphatic carbocycles. The number of ether oxygens (including phenoxy) is 1. The molecule has 0 amide bonds. The molecule has 0 aliphatic rings. The summed E-state index contributed by atoms with van der Waals surface area (Å²) in [7, 11) is 0.